The van der Waals surface area contributed by atoms with E-state index in [0.29, 0.717) is 33.4 Å². The molecular formula is C55H43Cl3CsF2N11O9S3. The molecular weight excluding hydrogens is 1330 g/mol. The van der Waals surface area contributed by atoms with Gasteiger partial charge in [0.25, 0.3) is 26.5 Å². The average molecular weight is 1380 g/mol. The van der Waals surface area contributed by atoms with Gasteiger partial charge >= 0.3 is 68.9 Å². The van der Waals surface area contributed by atoms with Gasteiger partial charge in [-0.1, -0.05) is 126 Å². The maximum absolute atomic E-state index is 13.2. The number of benzene rings is 8. The number of carbonyl (C=O) groups excluding carboxylic acids is 1. The average Bonchev–Trinajstić information content (AvgIpc) is 2.74. The second-order valence-electron chi connectivity index (χ2n) is 16.1. The number of anilines is 5. The topological polar surface area (TPSA) is 317 Å². The van der Waals surface area contributed by atoms with E-state index in [-0.39, 0.29) is 135 Å². The fourth-order valence-electron chi connectivity index (χ4n) is 6.47. The number of rotatable bonds is 10. The summed E-state index contributed by atoms with van der Waals surface area (Å²) in [4.78, 5) is 37.0. The van der Waals surface area contributed by atoms with Gasteiger partial charge in [0.1, 0.15) is 11.6 Å². The number of hydrogen-bond donors (Lipinski definition) is 5. The molecule has 0 atom stereocenters. The van der Waals surface area contributed by atoms with Crippen LogP contribution in [-0.4, -0.2) is 61.6 Å². The maximum Gasteiger partial charge on any atom is 1.00 e. The fourth-order valence-corrected chi connectivity index (χ4v) is 9.57. The molecule has 426 valence electrons. The minimum atomic E-state index is -3.86. The maximum atomic E-state index is 13.2. The third-order valence-corrected chi connectivity index (χ3v) is 14.8. The van der Waals surface area contributed by atoms with Gasteiger partial charge in [-0.15, -0.1) is 0 Å². The number of fused-ring (bicyclic) bond motifs is 3. The summed E-state index contributed by atoms with van der Waals surface area (Å²) in [7, 11) is -11.1. The van der Waals surface area contributed by atoms with Crippen LogP contribution in [0.25, 0.3) is 33.1 Å². The predicted octanol–water partition coefficient (Wildman–Crippen LogP) is 7.51. The second-order valence-corrected chi connectivity index (χ2v) is 22.1. The number of primary sulfonamides is 1. The Balaban J connectivity index is 0.000000202. The Kier molecular flexibility index (Phi) is 26.5. The van der Waals surface area contributed by atoms with Crippen molar-refractivity contribution in [1.82, 2.24) is 29.9 Å². The number of aromatic nitrogens is 6. The molecule has 0 amide bonds. The zero-order chi connectivity index (χ0) is 60.0. The van der Waals surface area contributed by atoms with E-state index in [1.165, 1.54) is 84.9 Å². The molecule has 11 rings (SSSR count). The van der Waals surface area contributed by atoms with Gasteiger partial charge in [0.2, 0.25) is 10.0 Å². The number of halogens is 5. The van der Waals surface area contributed by atoms with Crippen LogP contribution in [0.1, 0.15) is 0 Å². The van der Waals surface area contributed by atoms with Gasteiger partial charge in [-0.05, 0) is 121 Å². The number of carbonyl (C=O) groups is 1. The molecule has 0 aliphatic heterocycles. The van der Waals surface area contributed by atoms with Gasteiger partial charge in [-0.2, -0.15) is 0 Å². The molecule has 84 heavy (non-hydrogen) atoms. The molecule has 0 bridgehead atoms. The van der Waals surface area contributed by atoms with Crippen molar-refractivity contribution in [3.63, 3.8) is 0 Å². The zero-order valence-corrected chi connectivity index (χ0v) is 54.4. The summed E-state index contributed by atoms with van der Waals surface area (Å²) in [6, 6.07) is 56.9. The van der Waals surface area contributed by atoms with E-state index in [1.807, 2.05) is 30.3 Å². The normalized spacial score (nSPS) is 10.6. The van der Waals surface area contributed by atoms with Gasteiger partial charge in [-0.25, -0.2) is 69.1 Å². The van der Waals surface area contributed by atoms with Crippen molar-refractivity contribution in [2.24, 2.45) is 5.14 Å². The van der Waals surface area contributed by atoms with Crippen molar-refractivity contribution >= 4 is 133 Å². The minimum absolute atomic E-state index is 0. The summed E-state index contributed by atoms with van der Waals surface area (Å²) in [6.07, 6.45) is 0. The summed E-state index contributed by atoms with van der Waals surface area (Å²) >= 11 is 17.4. The minimum Gasteiger partial charge on any atom is -0.662 e. The molecule has 0 fully saturated rings. The molecule has 3 aromatic heterocycles. The molecule has 20 nitrogen and oxygen atoms in total. The van der Waals surface area contributed by atoms with Gasteiger partial charge in [0.05, 0.1) is 47.8 Å². The van der Waals surface area contributed by atoms with E-state index in [2.05, 4.69) is 49.6 Å². The zero-order valence-electron chi connectivity index (χ0n) is 43.4. The summed E-state index contributed by atoms with van der Waals surface area (Å²) in [6.45, 7) is -0.181. The Morgan fingerprint density at radius 2 is 0.726 bits per heavy atom. The number of sulfonamides is 3. The Bertz CT molecular complexity index is 4230. The molecule has 11 aromatic rings. The van der Waals surface area contributed by atoms with E-state index in [4.69, 9.17) is 55.7 Å². The summed E-state index contributed by atoms with van der Waals surface area (Å²) in [5.74, 6) is -0.352. The smallest absolute Gasteiger partial charge is 0.662 e. The number of nitrogen functional groups attached to an aromatic ring is 1. The first kappa shape index (κ1) is 67.8. The molecule has 0 saturated heterocycles. The molecule has 0 spiro atoms. The number of nitrogens with two attached hydrogens (primary N) is 2. The van der Waals surface area contributed by atoms with Crippen LogP contribution in [-0.2, 0) is 39.8 Å². The Hall–Kier alpha value is -7.00. The third-order valence-electron chi connectivity index (χ3n) is 10.2. The van der Waals surface area contributed by atoms with Crippen molar-refractivity contribution in [2.45, 2.75) is 14.7 Å². The largest absolute Gasteiger partial charge is 1.00 e. The molecule has 0 radical (unpaired) electrons. The monoisotopic (exact) mass is 1370 g/mol. The van der Waals surface area contributed by atoms with Gasteiger partial charge in [0.15, 0.2) is 32.9 Å². The fraction of sp³-hybridized carbons (Fsp3) is 0. The molecule has 0 aliphatic rings. The molecule has 8 aromatic carbocycles. The Morgan fingerprint density at radius 3 is 1.07 bits per heavy atom. The number of para-hydroxylation sites is 6. The molecule has 7 N–H and O–H groups in total. The van der Waals surface area contributed by atoms with Crippen molar-refractivity contribution < 1.29 is 118 Å². The summed E-state index contributed by atoms with van der Waals surface area (Å²) in [5, 5.41) is 16.8. The van der Waals surface area contributed by atoms with Crippen LogP contribution in [0, 0.1) is 11.6 Å². The van der Waals surface area contributed by atoms with Gasteiger partial charge in [0, 0.05) is 11.4 Å². The molecule has 3 heterocycles. The summed E-state index contributed by atoms with van der Waals surface area (Å²) in [5.41, 5.74) is 10.2. The standard InChI is InChI=1S/C20H15FN4O2S.C14H10ClN3O2S.C8H4Cl2N2.C6H6FN.C6H7NO2S.CH2O3.Cs/c21-14-10-12-15(13-11-14)22-19-20(24-18-9-5-4-8-17(18)23-19)25-28(26,27)16-6-2-1-3-7-16;15-13-14(17-12-9-5-4-8-11(12)16-13)18-21(19,20)10-6-2-1-3-7-10;9-7-8(10)12-6-4-2-1-3-5(6)11-7;7-5-1-3-6(8)4-2-5;7-10(8,9)6-4-2-1-3-5-6;2-1-4-3;/h1-13H,(H,22,23)(H,24,25);1-9H,(H,17,18);1-4H;1-4H,8H2;1-5H,(H2,7,8,9);1,3H;/q;;;;;;+1/p-1. The first-order valence-corrected chi connectivity index (χ1v) is 29.1. The van der Waals surface area contributed by atoms with E-state index < -0.39 is 30.1 Å². The first-order chi connectivity index (χ1) is 39.6. The van der Waals surface area contributed by atoms with Crippen LogP contribution < -0.4 is 99.8 Å². The van der Waals surface area contributed by atoms with E-state index in [9.17, 15) is 34.0 Å². The predicted molar refractivity (Wildman–Crippen MR) is 314 cm³/mol. The van der Waals surface area contributed by atoms with Crippen molar-refractivity contribution in [3.05, 3.63) is 239 Å². The van der Waals surface area contributed by atoms with Crippen LogP contribution in [0.2, 0.25) is 15.5 Å². The quantitative estimate of drug-likeness (QED) is 0.0383. The van der Waals surface area contributed by atoms with Crippen LogP contribution in [0.3, 0.4) is 0 Å². The van der Waals surface area contributed by atoms with Crippen LogP contribution in [0.15, 0.2) is 227 Å². The van der Waals surface area contributed by atoms with Crippen molar-refractivity contribution in [2.75, 3.05) is 20.5 Å². The Morgan fingerprint density at radius 1 is 0.429 bits per heavy atom. The summed E-state index contributed by atoms with van der Waals surface area (Å²) < 4.78 is 101. The van der Waals surface area contributed by atoms with Crippen LogP contribution in [0.5, 0.6) is 0 Å². The first-order valence-electron chi connectivity index (χ1n) is 23.4. The Labute approximate surface area is 554 Å². The second kappa shape index (κ2) is 32.9. The molecule has 0 unspecified atom stereocenters. The van der Waals surface area contributed by atoms with Gasteiger partial charge < -0.3 is 21.2 Å². The van der Waals surface area contributed by atoms with Crippen molar-refractivity contribution in [1.29, 1.82) is 0 Å². The van der Waals surface area contributed by atoms with Crippen LogP contribution in [0.4, 0.5) is 37.6 Å². The van der Waals surface area contributed by atoms with E-state index >= 15 is 0 Å². The van der Waals surface area contributed by atoms with E-state index in [0.717, 1.165) is 11.0 Å². The molecule has 29 heteroatoms. The molecule has 0 saturated carbocycles. The van der Waals surface area contributed by atoms with Crippen molar-refractivity contribution in [3.8, 4) is 0 Å². The molecule has 0 aliphatic carbocycles. The number of nitrogens with zero attached hydrogens (tertiary/aromatic N) is 6. The third kappa shape index (κ3) is 21.3. The van der Waals surface area contributed by atoms with Crippen LogP contribution >= 0.6 is 34.8 Å². The number of hydrogen-bond acceptors (Lipinski definition) is 17. The SMILES string of the molecule is Clc1nc2ccccc2nc1Cl.NS(=O)(=O)c1ccccc1.Nc1ccc(F)cc1.O=CO[O-].O=S(=O)(Nc1nc2ccccc2nc1Cl)c1ccccc1.O=S(=O)(Nc1nc2ccccc2nc1Nc1ccc(F)cc1)c1ccccc1.[Cs+]. The van der Waals surface area contributed by atoms with E-state index in [1.54, 1.807) is 97.1 Å². The van der Waals surface area contributed by atoms with Gasteiger partial charge in [-0.3, -0.25) is 14.2 Å². The number of nitrogens with one attached hydrogen (secondary N) is 3.